The minimum atomic E-state index is -0.479. The van der Waals surface area contributed by atoms with E-state index in [1.165, 1.54) is 17.5 Å². The zero-order valence-corrected chi connectivity index (χ0v) is 13.5. The number of hydrogen-bond donors (Lipinski definition) is 1. The monoisotopic (exact) mass is 340 g/mol. The molecule has 9 heteroatoms. The Morgan fingerprint density at radius 2 is 2.18 bits per heavy atom. The highest BCUT2D eigenvalue weighted by atomic mass is 35.5. The molecule has 2 aromatic heterocycles. The molecular formula is C13H13ClN4O3S. The Kier molecular flexibility index (Phi) is 5.40. The highest BCUT2D eigenvalue weighted by Crippen LogP contribution is 2.19. The molecule has 2 rings (SSSR count). The minimum absolute atomic E-state index is 0.0631. The smallest absolute Gasteiger partial charge is 0.311 e. The molecule has 0 unspecified atom stereocenters. The number of carbonyl (C=O) groups is 2. The fraction of sp³-hybridized carbons (Fsp3) is 0.308. The lowest BCUT2D eigenvalue weighted by Gasteiger charge is -2.03. The van der Waals surface area contributed by atoms with Crippen LogP contribution in [0.5, 0.6) is 0 Å². The van der Waals surface area contributed by atoms with E-state index in [1.807, 2.05) is 0 Å². The van der Waals surface area contributed by atoms with Crippen LogP contribution in [0.4, 0.5) is 5.13 Å². The quantitative estimate of drug-likeness (QED) is 0.839. The van der Waals surface area contributed by atoms with Gasteiger partial charge in [0.05, 0.1) is 29.9 Å². The van der Waals surface area contributed by atoms with Gasteiger partial charge in [0.25, 0.3) is 5.91 Å². The lowest BCUT2D eigenvalue weighted by Crippen LogP contribution is -2.15. The summed E-state index contributed by atoms with van der Waals surface area (Å²) in [5, 5.41) is 4.79. The number of aryl methyl sites for hydroxylation is 1. The number of hydrogen-bond acceptors (Lipinski definition) is 7. The fourth-order valence-electron chi connectivity index (χ4n) is 1.58. The van der Waals surface area contributed by atoms with Crippen LogP contribution in [-0.4, -0.2) is 33.4 Å². The van der Waals surface area contributed by atoms with Gasteiger partial charge in [-0.05, 0) is 13.8 Å². The predicted molar refractivity (Wildman–Crippen MR) is 82.2 cm³/mol. The van der Waals surface area contributed by atoms with E-state index in [9.17, 15) is 9.59 Å². The highest BCUT2D eigenvalue weighted by molar-refractivity contribution is 7.14. The summed E-state index contributed by atoms with van der Waals surface area (Å²) in [5.74, 6) is -0.399. The van der Waals surface area contributed by atoms with Crippen molar-refractivity contribution in [1.29, 1.82) is 0 Å². The topological polar surface area (TPSA) is 94.1 Å². The number of anilines is 1. The molecule has 22 heavy (non-hydrogen) atoms. The first-order valence-corrected chi connectivity index (χ1v) is 7.66. The van der Waals surface area contributed by atoms with Gasteiger partial charge >= 0.3 is 5.97 Å². The molecule has 0 spiro atoms. The summed E-state index contributed by atoms with van der Waals surface area (Å²) in [6.45, 7) is 3.71. The standard InChI is InChI=1S/C13H13ClN4O3S/c1-3-21-10(19)4-8-6-22-13(17-8)18-12(20)11-9(14)5-15-7(2)16-11/h5-6H,3-4H2,1-2H3,(H,17,18,20). The molecule has 0 aliphatic rings. The molecule has 116 valence electrons. The van der Waals surface area contributed by atoms with E-state index in [1.54, 1.807) is 19.2 Å². The Labute approximate surface area is 135 Å². The van der Waals surface area contributed by atoms with Crippen LogP contribution in [-0.2, 0) is 16.0 Å². The van der Waals surface area contributed by atoms with Crippen molar-refractivity contribution < 1.29 is 14.3 Å². The summed E-state index contributed by atoms with van der Waals surface area (Å²) in [5.41, 5.74) is 0.611. The number of carbonyl (C=O) groups excluding carboxylic acids is 2. The van der Waals surface area contributed by atoms with Gasteiger partial charge in [0.1, 0.15) is 5.82 Å². The summed E-state index contributed by atoms with van der Waals surface area (Å²) in [7, 11) is 0. The Hall–Kier alpha value is -2.06. The van der Waals surface area contributed by atoms with Crippen molar-refractivity contribution in [2.75, 3.05) is 11.9 Å². The number of nitrogens with zero attached hydrogens (tertiary/aromatic N) is 3. The molecule has 0 saturated heterocycles. The van der Waals surface area contributed by atoms with Gasteiger partial charge in [0.15, 0.2) is 10.8 Å². The molecule has 1 N–H and O–H groups in total. The van der Waals surface area contributed by atoms with Gasteiger partial charge in [-0.3, -0.25) is 14.9 Å². The average Bonchev–Trinajstić information content (AvgIpc) is 2.88. The van der Waals surface area contributed by atoms with Crippen molar-refractivity contribution in [3.8, 4) is 0 Å². The van der Waals surface area contributed by atoms with Crippen LogP contribution in [0.3, 0.4) is 0 Å². The van der Waals surface area contributed by atoms with Gasteiger partial charge in [0, 0.05) is 5.38 Å². The number of aromatic nitrogens is 3. The number of esters is 1. The van der Waals surface area contributed by atoms with E-state index >= 15 is 0 Å². The number of halogens is 1. The number of rotatable bonds is 5. The molecule has 2 heterocycles. The van der Waals surface area contributed by atoms with E-state index in [0.717, 1.165) is 0 Å². The average molecular weight is 341 g/mol. The van der Waals surface area contributed by atoms with Crippen LogP contribution < -0.4 is 5.32 Å². The first kappa shape index (κ1) is 16.3. The Balaban J connectivity index is 2.05. The van der Waals surface area contributed by atoms with Crippen molar-refractivity contribution >= 4 is 39.9 Å². The second-order valence-corrected chi connectivity index (χ2v) is 5.46. The Morgan fingerprint density at radius 1 is 1.41 bits per heavy atom. The fourth-order valence-corrected chi connectivity index (χ4v) is 2.46. The number of thiazole rings is 1. The third kappa shape index (κ3) is 4.22. The maximum Gasteiger partial charge on any atom is 0.311 e. The van der Waals surface area contributed by atoms with Gasteiger partial charge in [0.2, 0.25) is 0 Å². The van der Waals surface area contributed by atoms with Crippen molar-refractivity contribution in [2.45, 2.75) is 20.3 Å². The van der Waals surface area contributed by atoms with E-state index in [0.29, 0.717) is 23.3 Å². The van der Waals surface area contributed by atoms with E-state index in [4.69, 9.17) is 16.3 Å². The van der Waals surface area contributed by atoms with Crippen LogP contribution in [0.2, 0.25) is 5.02 Å². The molecule has 0 atom stereocenters. The van der Waals surface area contributed by atoms with Gasteiger partial charge in [-0.2, -0.15) is 0 Å². The van der Waals surface area contributed by atoms with Gasteiger partial charge < -0.3 is 4.74 Å². The maximum atomic E-state index is 12.1. The Morgan fingerprint density at radius 3 is 2.91 bits per heavy atom. The number of amides is 1. The minimum Gasteiger partial charge on any atom is -0.466 e. The lowest BCUT2D eigenvalue weighted by atomic mass is 10.3. The number of ether oxygens (including phenoxy) is 1. The zero-order valence-electron chi connectivity index (χ0n) is 11.9. The van der Waals surface area contributed by atoms with Gasteiger partial charge in [-0.25, -0.2) is 15.0 Å². The highest BCUT2D eigenvalue weighted by Gasteiger charge is 2.16. The van der Waals surface area contributed by atoms with Crippen LogP contribution in [0.15, 0.2) is 11.6 Å². The summed E-state index contributed by atoms with van der Waals surface area (Å²) in [4.78, 5) is 35.5. The van der Waals surface area contributed by atoms with Crippen LogP contribution in [0.25, 0.3) is 0 Å². The van der Waals surface area contributed by atoms with E-state index in [2.05, 4.69) is 20.3 Å². The molecule has 0 saturated carbocycles. The van der Waals surface area contributed by atoms with Crippen LogP contribution in [0, 0.1) is 6.92 Å². The first-order chi connectivity index (χ1) is 10.5. The molecule has 0 radical (unpaired) electrons. The Bertz CT molecular complexity index is 704. The van der Waals surface area contributed by atoms with Gasteiger partial charge in [-0.1, -0.05) is 11.6 Å². The number of nitrogens with one attached hydrogen (secondary N) is 1. The van der Waals surface area contributed by atoms with Crippen molar-refractivity contribution in [1.82, 2.24) is 15.0 Å². The third-order valence-corrected chi connectivity index (χ3v) is 3.57. The lowest BCUT2D eigenvalue weighted by molar-refractivity contribution is -0.142. The summed E-state index contributed by atoms with van der Waals surface area (Å²) >= 11 is 7.11. The second kappa shape index (κ2) is 7.28. The van der Waals surface area contributed by atoms with E-state index < -0.39 is 5.91 Å². The molecule has 1 amide bonds. The predicted octanol–water partition coefficient (Wildman–Crippen LogP) is 2.25. The van der Waals surface area contributed by atoms with E-state index in [-0.39, 0.29) is 23.1 Å². The van der Waals surface area contributed by atoms with Gasteiger partial charge in [-0.15, -0.1) is 11.3 Å². The molecule has 0 aromatic carbocycles. The normalized spacial score (nSPS) is 10.3. The summed E-state index contributed by atoms with van der Waals surface area (Å²) < 4.78 is 4.84. The SMILES string of the molecule is CCOC(=O)Cc1csc(NC(=O)c2nc(C)ncc2Cl)n1. The molecular weight excluding hydrogens is 328 g/mol. The van der Waals surface area contributed by atoms with Crippen molar-refractivity contribution in [3.63, 3.8) is 0 Å². The first-order valence-electron chi connectivity index (χ1n) is 6.40. The molecule has 2 aromatic rings. The second-order valence-electron chi connectivity index (χ2n) is 4.19. The van der Waals surface area contributed by atoms with Crippen LogP contribution >= 0.6 is 22.9 Å². The van der Waals surface area contributed by atoms with Crippen molar-refractivity contribution in [2.24, 2.45) is 0 Å². The van der Waals surface area contributed by atoms with Crippen LogP contribution in [0.1, 0.15) is 28.9 Å². The summed E-state index contributed by atoms with van der Waals surface area (Å²) in [6.07, 6.45) is 1.43. The third-order valence-electron chi connectivity index (χ3n) is 2.48. The molecule has 0 bridgehead atoms. The summed E-state index contributed by atoms with van der Waals surface area (Å²) in [6, 6.07) is 0. The molecule has 0 aliphatic carbocycles. The molecule has 7 nitrogen and oxygen atoms in total. The zero-order chi connectivity index (χ0) is 16.1. The molecule has 0 fully saturated rings. The molecule has 0 aliphatic heterocycles. The maximum absolute atomic E-state index is 12.1. The van der Waals surface area contributed by atoms with Crippen molar-refractivity contribution in [3.05, 3.63) is 33.8 Å². The largest absolute Gasteiger partial charge is 0.466 e.